The Balaban J connectivity index is 1.61. The van der Waals surface area contributed by atoms with Gasteiger partial charge in [0.05, 0.1) is 35.6 Å². The molecule has 33 heavy (non-hydrogen) atoms. The van der Waals surface area contributed by atoms with Gasteiger partial charge >= 0.3 is 5.97 Å². The standard InChI is InChI=1S/C21H16N8O4/c1-33-18(31)9-17(30)23-15-4-2-3-12-8-16(24-19(12)15)21(32)25-14-6-5-11(10-22)7-13(14)20-26-28-29-27-20/h2-8,24H,9H2,1H3,(H,23,30)(H,25,32)(H,26,27,28,29). The molecule has 4 aromatic rings. The minimum absolute atomic E-state index is 0.217. The number of para-hydroxylation sites is 1. The highest BCUT2D eigenvalue weighted by atomic mass is 16.5. The Morgan fingerprint density at radius 3 is 2.70 bits per heavy atom. The highest BCUT2D eigenvalue weighted by Gasteiger charge is 2.17. The molecule has 0 spiro atoms. The molecule has 0 unspecified atom stereocenters. The fraction of sp³-hybridized carbons (Fsp3) is 0.0952. The van der Waals surface area contributed by atoms with E-state index in [1.54, 1.807) is 42.5 Å². The van der Waals surface area contributed by atoms with E-state index in [1.165, 1.54) is 7.11 Å². The minimum atomic E-state index is -0.661. The first kappa shape index (κ1) is 21.2. The third-order valence-electron chi connectivity index (χ3n) is 4.69. The number of nitriles is 1. The summed E-state index contributed by atoms with van der Waals surface area (Å²) in [4.78, 5) is 39.3. The van der Waals surface area contributed by atoms with Crippen molar-refractivity contribution in [1.82, 2.24) is 25.6 Å². The van der Waals surface area contributed by atoms with Gasteiger partial charge in [-0.25, -0.2) is 0 Å². The van der Waals surface area contributed by atoms with Crippen LogP contribution in [0, 0.1) is 11.3 Å². The summed E-state index contributed by atoms with van der Waals surface area (Å²) in [6.45, 7) is 0. The molecule has 4 N–H and O–H groups in total. The normalized spacial score (nSPS) is 10.4. The van der Waals surface area contributed by atoms with Crippen molar-refractivity contribution < 1.29 is 19.1 Å². The molecule has 12 nitrogen and oxygen atoms in total. The smallest absolute Gasteiger partial charge is 0.315 e. The first-order valence-corrected chi connectivity index (χ1v) is 9.56. The first-order chi connectivity index (χ1) is 16.0. The van der Waals surface area contributed by atoms with Crippen molar-refractivity contribution in [3.05, 3.63) is 53.7 Å². The Kier molecular flexibility index (Phi) is 5.77. The number of amides is 2. The number of methoxy groups -OCH3 is 1. The summed E-state index contributed by atoms with van der Waals surface area (Å²) in [5.74, 6) is -1.45. The van der Waals surface area contributed by atoms with Crippen molar-refractivity contribution in [2.45, 2.75) is 6.42 Å². The molecule has 4 rings (SSSR count). The molecular formula is C21H16N8O4. The monoisotopic (exact) mass is 444 g/mol. The number of aromatic amines is 2. The van der Waals surface area contributed by atoms with Crippen molar-refractivity contribution in [3.8, 4) is 17.5 Å². The van der Waals surface area contributed by atoms with Crippen LogP contribution in [0.2, 0.25) is 0 Å². The molecule has 0 saturated heterocycles. The maximum absolute atomic E-state index is 13.0. The van der Waals surface area contributed by atoms with Crippen LogP contribution in [0.4, 0.5) is 11.4 Å². The average molecular weight is 444 g/mol. The van der Waals surface area contributed by atoms with Gasteiger partial charge in [-0.1, -0.05) is 12.1 Å². The lowest BCUT2D eigenvalue weighted by molar-refractivity contribution is -0.142. The van der Waals surface area contributed by atoms with E-state index in [-0.39, 0.29) is 11.5 Å². The molecule has 0 radical (unpaired) electrons. The molecule has 0 aliphatic carbocycles. The van der Waals surface area contributed by atoms with Crippen LogP contribution in [0.3, 0.4) is 0 Å². The fourth-order valence-electron chi connectivity index (χ4n) is 3.15. The molecule has 164 valence electrons. The van der Waals surface area contributed by atoms with Gasteiger partial charge < -0.3 is 20.4 Å². The van der Waals surface area contributed by atoms with Crippen LogP contribution in [0.1, 0.15) is 22.5 Å². The third kappa shape index (κ3) is 4.52. The number of anilines is 2. The van der Waals surface area contributed by atoms with E-state index in [2.05, 4.69) is 41.0 Å². The number of H-pyrrole nitrogens is 2. The zero-order valence-corrected chi connectivity index (χ0v) is 17.2. The van der Waals surface area contributed by atoms with Crippen molar-refractivity contribution in [3.63, 3.8) is 0 Å². The Bertz CT molecular complexity index is 1400. The van der Waals surface area contributed by atoms with Crippen molar-refractivity contribution in [2.24, 2.45) is 0 Å². The van der Waals surface area contributed by atoms with E-state index in [0.717, 1.165) is 0 Å². The van der Waals surface area contributed by atoms with Gasteiger partial charge in [-0.3, -0.25) is 14.4 Å². The number of ether oxygens (including phenoxy) is 1. The quantitative estimate of drug-likeness (QED) is 0.257. The van der Waals surface area contributed by atoms with E-state index < -0.39 is 24.2 Å². The van der Waals surface area contributed by atoms with E-state index in [1.807, 2.05) is 6.07 Å². The van der Waals surface area contributed by atoms with Gasteiger partial charge in [0.25, 0.3) is 5.91 Å². The van der Waals surface area contributed by atoms with Crippen molar-refractivity contribution in [1.29, 1.82) is 5.26 Å². The molecule has 0 fully saturated rings. The number of rotatable bonds is 6. The zero-order valence-electron chi connectivity index (χ0n) is 17.2. The number of tetrazole rings is 1. The maximum atomic E-state index is 13.0. The summed E-state index contributed by atoms with van der Waals surface area (Å²) in [5, 5.41) is 28.9. The van der Waals surface area contributed by atoms with Crippen LogP contribution >= 0.6 is 0 Å². The van der Waals surface area contributed by atoms with Gasteiger partial charge in [0.15, 0.2) is 0 Å². The van der Waals surface area contributed by atoms with Crippen LogP contribution in [-0.4, -0.2) is 50.5 Å². The van der Waals surface area contributed by atoms with Gasteiger partial charge in [0.2, 0.25) is 11.7 Å². The maximum Gasteiger partial charge on any atom is 0.315 e. The average Bonchev–Trinajstić information content (AvgIpc) is 3.50. The molecule has 0 atom stereocenters. The molecular weight excluding hydrogens is 428 g/mol. The predicted octanol–water partition coefficient (Wildman–Crippen LogP) is 1.97. The number of fused-ring (bicyclic) bond motifs is 1. The summed E-state index contributed by atoms with van der Waals surface area (Å²) in [6, 6.07) is 13.4. The van der Waals surface area contributed by atoms with E-state index >= 15 is 0 Å². The highest BCUT2D eigenvalue weighted by Crippen LogP contribution is 2.28. The van der Waals surface area contributed by atoms with E-state index in [4.69, 9.17) is 0 Å². The lowest BCUT2D eigenvalue weighted by Gasteiger charge is -2.08. The molecule has 0 saturated carbocycles. The molecule has 0 aliphatic heterocycles. The molecule has 2 aromatic heterocycles. The second-order valence-electron chi connectivity index (χ2n) is 6.82. The van der Waals surface area contributed by atoms with Crippen LogP contribution in [0.5, 0.6) is 0 Å². The number of hydrogen-bond acceptors (Lipinski definition) is 8. The van der Waals surface area contributed by atoms with E-state index in [0.29, 0.717) is 33.4 Å². The lowest BCUT2D eigenvalue weighted by Crippen LogP contribution is -2.17. The van der Waals surface area contributed by atoms with Crippen LogP contribution in [0.25, 0.3) is 22.3 Å². The largest absolute Gasteiger partial charge is 0.469 e. The Morgan fingerprint density at radius 2 is 1.97 bits per heavy atom. The summed E-state index contributed by atoms with van der Waals surface area (Å²) < 4.78 is 4.50. The number of esters is 1. The highest BCUT2D eigenvalue weighted by molar-refractivity contribution is 6.10. The summed E-state index contributed by atoms with van der Waals surface area (Å²) in [6.07, 6.45) is -0.432. The summed E-state index contributed by atoms with van der Waals surface area (Å²) >= 11 is 0. The summed E-state index contributed by atoms with van der Waals surface area (Å²) in [7, 11) is 1.20. The first-order valence-electron chi connectivity index (χ1n) is 9.56. The molecule has 0 aliphatic rings. The fourth-order valence-corrected chi connectivity index (χ4v) is 3.15. The predicted molar refractivity (Wildman–Crippen MR) is 116 cm³/mol. The molecule has 2 heterocycles. The lowest BCUT2D eigenvalue weighted by atomic mass is 10.1. The van der Waals surface area contributed by atoms with Gasteiger partial charge in [0, 0.05) is 10.9 Å². The zero-order chi connectivity index (χ0) is 23.4. The topological polar surface area (TPSA) is 179 Å². The van der Waals surface area contributed by atoms with Gasteiger partial charge in [0.1, 0.15) is 12.1 Å². The molecule has 0 bridgehead atoms. The Labute approximate surface area is 185 Å². The second kappa shape index (κ2) is 8.98. The molecule has 2 aromatic carbocycles. The van der Waals surface area contributed by atoms with E-state index in [9.17, 15) is 19.6 Å². The van der Waals surface area contributed by atoms with Crippen molar-refractivity contribution in [2.75, 3.05) is 17.7 Å². The van der Waals surface area contributed by atoms with Gasteiger partial charge in [-0.2, -0.15) is 10.5 Å². The number of carbonyl (C=O) groups is 3. The minimum Gasteiger partial charge on any atom is -0.469 e. The number of nitrogens with zero attached hydrogens (tertiary/aromatic N) is 4. The van der Waals surface area contributed by atoms with Gasteiger partial charge in [-0.15, -0.1) is 10.2 Å². The second-order valence-corrected chi connectivity index (χ2v) is 6.82. The number of nitrogens with one attached hydrogen (secondary N) is 4. The number of hydrogen-bond donors (Lipinski definition) is 4. The number of benzene rings is 2. The SMILES string of the molecule is COC(=O)CC(=O)Nc1cccc2cc(C(=O)Nc3ccc(C#N)cc3-c3nn[nH]n3)[nH]c12. The number of aromatic nitrogens is 5. The summed E-state index contributed by atoms with van der Waals surface area (Å²) in [5.41, 5.74) is 2.31. The van der Waals surface area contributed by atoms with Crippen LogP contribution in [0.15, 0.2) is 42.5 Å². The Hall–Kier alpha value is -5.05. The molecule has 12 heteroatoms. The third-order valence-corrected chi connectivity index (χ3v) is 4.69. The van der Waals surface area contributed by atoms with Gasteiger partial charge in [-0.05, 0) is 35.5 Å². The molecule has 2 amide bonds. The van der Waals surface area contributed by atoms with Crippen LogP contribution in [-0.2, 0) is 14.3 Å². The van der Waals surface area contributed by atoms with Crippen molar-refractivity contribution >= 4 is 40.1 Å². The number of carbonyl (C=O) groups excluding carboxylic acids is 3. The Morgan fingerprint density at radius 1 is 1.12 bits per heavy atom. The van der Waals surface area contributed by atoms with Crippen LogP contribution < -0.4 is 10.6 Å².